The standard InChI is InChI=1S/C25H26N6O2/c1-31(2)14-15-32-21-16-20(12-13-28-21)33-19-10-8-17(9-11-19)22-23(18-6-4-3-5-7-18)29-25(27)30-24(22)26/h3-13,16H,14-15H2,1-2H3,(H4,26,27,29,30). The molecular weight excluding hydrogens is 416 g/mol. The zero-order valence-corrected chi connectivity index (χ0v) is 18.6. The Labute approximate surface area is 192 Å². The molecule has 2 aromatic heterocycles. The molecule has 8 nitrogen and oxygen atoms in total. The largest absolute Gasteiger partial charge is 0.476 e. The van der Waals surface area contributed by atoms with Gasteiger partial charge in [-0.25, -0.2) is 9.97 Å². The number of nitrogen functional groups attached to an aromatic ring is 2. The number of nitrogens with two attached hydrogens (primary N) is 2. The van der Waals surface area contributed by atoms with Gasteiger partial charge in [-0.15, -0.1) is 0 Å². The molecule has 168 valence electrons. The first-order valence-corrected chi connectivity index (χ1v) is 10.5. The highest BCUT2D eigenvalue weighted by molar-refractivity contribution is 5.88. The maximum absolute atomic E-state index is 6.24. The van der Waals surface area contributed by atoms with Crippen LogP contribution in [0.2, 0.25) is 0 Å². The van der Waals surface area contributed by atoms with E-state index in [2.05, 4.69) is 15.0 Å². The van der Waals surface area contributed by atoms with E-state index in [0.717, 1.165) is 23.2 Å². The van der Waals surface area contributed by atoms with Gasteiger partial charge in [-0.2, -0.15) is 4.98 Å². The van der Waals surface area contributed by atoms with Crippen molar-refractivity contribution in [2.75, 3.05) is 38.7 Å². The molecule has 4 aromatic rings. The smallest absolute Gasteiger partial charge is 0.222 e. The van der Waals surface area contributed by atoms with Crippen LogP contribution >= 0.6 is 0 Å². The van der Waals surface area contributed by atoms with Crippen LogP contribution in [0.4, 0.5) is 11.8 Å². The number of ether oxygens (including phenoxy) is 2. The second kappa shape index (κ2) is 9.97. The fourth-order valence-electron chi connectivity index (χ4n) is 3.28. The quantitative estimate of drug-likeness (QED) is 0.419. The summed E-state index contributed by atoms with van der Waals surface area (Å²) in [6.45, 7) is 1.35. The minimum Gasteiger partial charge on any atom is -0.476 e. The lowest BCUT2D eigenvalue weighted by atomic mass is 9.99. The number of aromatic nitrogens is 3. The highest BCUT2D eigenvalue weighted by Crippen LogP contribution is 2.36. The molecule has 0 fully saturated rings. The first kappa shape index (κ1) is 22.0. The summed E-state index contributed by atoms with van der Waals surface area (Å²) >= 11 is 0. The molecule has 0 unspecified atom stereocenters. The van der Waals surface area contributed by atoms with Crippen molar-refractivity contribution in [1.29, 1.82) is 0 Å². The molecule has 2 heterocycles. The van der Waals surface area contributed by atoms with E-state index in [1.807, 2.05) is 73.6 Å². The number of anilines is 2. The average molecular weight is 443 g/mol. The van der Waals surface area contributed by atoms with Gasteiger partial charge >= 0.3 is 0 Å². The Morgan fingerprint density at radius 2 is 1.61 bits per heavy atom. The zero-order chi connectivity index (χ0) is 23.2. The third kappa shape index (κ3) is 5.55. The van der Waals surface area contributed by atoms with Crippen LogP contribution in [0.5, 0.6) is 17.4 Å². The Balaban J connectivity index is 1.56. The molecule has 0 atom stereocenters. The maximum Gasteiger partial charge on any atom is 0.222 e. The molecule has 0 radical (unpaired) electrons. The van der Waals surface area contributed by atoms with Crippen LogP contribution in [0, 0.1) is 0 Å². The minimum atomic E-state index is 0.136. The lowest BCUT2D eigenvalue weighted by Crippen LogP contribution is -2.19. The Morgan fingerprint density at radius 3 is 2.33 bits per heavy atom. The molecular formula is C25H26N6O2. The number of pyridine rings is 1. The molecule has 0 saturated heterocycles. The highest BCUT2D eigenvalue weighted by Gasteiger charge is 2.15. The van der Waals surface area contributed by atoms with Crippen molar-refractivity contribution >= 4 is 11.8 Å². The number of nitrogens with zero attached hydrogens (tertiary/aromatic N) is 4. The molecule has 0 amide bonds. The van der Waals surface area contributed by atoms with E-state index in [0.29, 0.717) is 35.5 Å². The maximum atomic E-state index is 6.24. The Hall–Kier alpha value is -4.17. The molecule has 33 heavy (non-hydrogen) atoms. The van der Waals surface area contributed by atoms with E-state index in [9.17, 15) is 0 Å². The van der Waals surface area contributed by atoms with Crippen LogP contribution in [0.25, 0.3) is 22.4 Å². The van der Waals surface area contributed by atoms with Crippen molar-refractivity contribution in [3.63, 3.8) is 0 Å². The number of benzene rings is 2. The van der Waals surface area contributed by atoms with Gasteiger partial charge in [0.25, 0.3) is 0 Å². The summed E-state index contributed by atoms with van der Waals surface area (Å²) in [5.74, 6) is 2.28. The molecule has 2 aromatic carbocycles. The molecule has 0 spiro atoms. The topological polar surface area (TPSA) is 112 Å². The second-order valence-electron chi connectivity index (χ2n) is 7.66. The molecule has 4 N–H and O–H groups in total. The van der Waals surface area contributed by atoms with E-state index >= 15 is 0 Å². The molecule has 8 heteroatoms. The zero-order valence-electron chi connectivity index (χ0n) is 18.6. The van der Waals surface area contributed by atoms with E-state index in [1.165, 1.54) is 0 Å². The van der Waals surface area contributed by atoms with E-state index < -0.39 is 0 Å². The van der Waals surface area contributed by atoms with Crippen LogP contribution in [-0.4, -0.2) is 47.1 Å². The first-order valence-electron chi connectivity index (χ1n) is 10.5. The molecule has 0 aliphatic heterocycles. The van der Waals surface area contributed by atoms with Gasteiger partial charge in [-0.3, -0.25) is 0 Å². The van der Waals surface area contributed by atoms with Crippen LogP contribution in [0.1, 0.15) is 0 Å². The number of likely N-dealkylation sites (N-methyl/N-ethyl adjacent to an activating group) is 1. The molecule has 0 bridgehead atoms. The lowest BCUT2D eigenvalue weighted by molar-refractivity contribution is 0.253. The van der Waals surface area contributed by atoms with Crippen molar-refractivity contribution in [1.82, 2.24) is 19.9 Å². The van der Waals surface area contributed by atoms with Crippen molar-refractivity contribution < 1.29 is 9.47 Å². The van der Waals surface area contributed by atoms with Crippen LogP contribution in [0.3, 0.4) is 0 Å². The van der Waals surface area contributed by atoms with E-state index in [4.69, 9.17) is 20.9 Å². The average Bonchev–Trinajstić information content (AvgIpc) is 2.80. The Bertz CT molecular complexity index is 1210. The van der Waals surface area contributed by atoms with Gasteiger partial charge in [-0.05, 0) is 37.9 Å². The second-order valence-corrected chi connectivity index (χ2v) is 7.66. The van der Waals surface area contributed by atoms with Crippen LogP contribution < -0.4 is 20.9 Å². The van der Waals surface area contributed by atoms with Crippen molar-refractivity contribution in [2.45, 2.75) is 0 Å². The van der Waals surface area contributed by atoms with Crippen molar-refractivity contribution in [3.05, 3.63) is 72.9 Å². The number of rotatable bonds is 8. The summed E-state index contributed by atoms with van der Waals surface area (Å²) in [5.41, 5.74) is 15.3. The van der Waals surface area contributed by atoms with Gasteiger partial charge in [0.05, 0.1) is 11.3 Å². The molecule has 0 aliphatic rings. The summed E-state index contributed by atoms with van der Waals surface area (Å²) in [6.07, 6.45) is 1.66. The predicted molar refractivity (Wildman–Crippen MR) is 130 cm³/mol. The summed E-state index contributed by atoms with van der Waals surface area (Å²) in [7, 11) is 3.99. The lowest BCUT2D eigenvalue weighted by Gasteiger charge is -2.13. The summed E-state index contributed by atoms with van der Waals surface area (Å²) in [4.78, 5) is 14.9. The summed E-state index contributed by atoms with van der Waals surface area (Å²) in [6, 6.07) is 20.9. The monoisotopic (exact) mass is 442 g/mol. The Kier molecular flexibility index (Phi) is 6.66. The fourth-order valence-corrected chi connectivity index (χ4v) is 3.28. The molecule has 4 rings (SSSR count). The first-order chi connectivity index (χ1) is 16.0. The third-order valence-corrected chi connectivity index (χ3v) is 4.87. The van der Waals surface area contributed by atoms with Gasteiger partial charge in [0.2, 0.25) is 11.8 Å². The van der Waals surface area contributed by atoms with Gasteiger partial charge in [0.1, 0.15) is 23.9 Å². The van der Waals surface area contributed by atoms with Crippen molar-refractivity contribution in [2.24, 2.45) is 0 Å². The normalized spacial score (nSPS) is 10.9. The number of hydrogen-bond donors (Lipinski definition) is 2. The fraction of sp³-hybridized carbons (Fsp3) is 0.160. The van der Waals surface area contributed by atoms with Gasteiger partial charge in [-0.1, -0.05) is 42.5 Å². The summed E-state index contributed by atoms with van der Waals surface area (Å²) in [5, 5.41) is 0. The predicted octanol–water partition coefficient (Wildman–Crippen LogP) is 4.10. The Morgan fingerprint density at radius 1 is 0.848 bits per heavy atom. The molecule has 0 aliphatic carbocycles. The van der Waals surface area contributed by atoms with Crippen LogP contribution in [-0.2, 0) is 0 Å². The molecule has 0 saturated carbocycles. The highest BCUT2D eigenvalue weighted by atomic mass is 16.5. The van der Waals surface area contributed by atoms with Crippen molar-refractivity contribution in [3.8, 4) is 39.8 Å². The third-order valence-electron chi connectivity index (χ3n) is 4.87. The SMILES string of the molecule is CN(C)CCOc1cc(Oc2ccc(-c3c(N)nc(N)nc3-c3ccccc3)cc2)ccn1. The van der Waals surface area contributed by atoms with Gasteiger partial charge in [0, 0.05) is 24.4 Å². The van der Waals surface area contributed by atoms with E-state index in [1.54, 1.807) is 18.3 Å². The van der Waals surface area contributed by atoms with E-state index in [-0.39, 0.29) is 5.95 Å². The number of hydrogen-bond acceptors (Lipinski definition) is 8. The van der Waals surface area contributed by atoms with Gasteiger partial charge in [0.15, 0.2) is 0 Å². The minimum absolute atomic E-state index is 0.136. The summed E-state index contributed by atoms with van der Waals surface area (Å²) < 4.78 is 11.7. The van der Waals surface area contributed by atoms with Crippen LogP contribution in [0.15, 0.2) is 72.9 Å². The van der Waals surface area contributed by atoms with Gasteiger partial charge < -0.3 is 25.8 Å².